The summed E-state index contributed by atoms with van der Waals surface area (Å²) in [5.41, 5.74) is 0. The van der Waals surface area contributed by atoms with Crippen molar-refractivity contribution in [2.45, 2.75) is 13.0 Å². The Hall–Kier alpha value is -1.58. The van der Waals surface area contributed by atoms with Gasteiger partial charge < -0.3 is 15.2 Å². The second-order valence-electron chi connectivity index (χ2n) is 4.36. The lowest BCUT2D eigenvalue weighted by atomic mass is 10.1. The summed E-state index contributed by atoms with van der Waals surface area (Å²) in [5, 5.41) is 14.4. The van der Waals surface area contributed by atoms with Crippen molar-refractivity contribution >= 4 is 10.8 Å². The lowest BCUT2D eigenvalue weighted by Crippen LogP contribution is -2.32. The first-order valence-corrected chi connectivity index (χ1v) is 6.26. The third kappa shape index (κ3) is 3.22. The summed E-state index contributed by atoms with van der Waals surface area (Å²) in [5.74, 6) is 0.909. The summed E-state index contributed by atoms with van der Waals surface area (Å²) < 4.78 is 5.77. The van der Waals surface area contributed by atoms with E-state index in [-0.39, 0.29) is 12.6 Å². The monoisotopic (exact) mass is 245 g/mol. The maximum Gasteiger partial charge on any atom is 0.127 e. The fraction of sp³-hybridized carbons (Fsp3) is 0.333. The number of hydrogen-bond acceptors (Lipinski definition) is 3. The minimum absolute atomic E-state index is 0.112. The first-order valence-electron chi connectivity index (χ1n) is 6.26. The molecule has 1 atom stereocenters. The Morgan fingerprint density at radius 2 is 1.94 bits per heavy atom. The standard InChI is InChI=1S/C15H19NO2/c1-12(11-17)16-9-10-18-15-8-4-6-13-5-2-3-7-14(13)15/h2-8,12,16-17H,9-11H2,1H3/t12-/m0/s1. The summed E-state index contributed by atoms with van der Waals surface area (Å²) in [6.45, 7) is 3.41. The maximum absolute atomic E-state index is 8.89. The van der Waals surface area contributed by atoms with E-state index in [1.54, 1.807) is 0 Å². The predicted molar refractivity (Wildman–Crippen MR) is 74.0 cm³/mol. The average Bonchev–Trinajstić information content (AvgIpc) is 2.43. The van der Waals surface area contributed by atoms with Gasteiger partial charge in [0, 0.05) is 18.0 Å². The molecule has 0 radical (unpaired) electrons. The summed E-state index contributed by atoms with van der Waals surface area (Å²) in [7, 11) is 0. The molecule has 0 aliphatic heterocycles. The van der Waals surface area contributed by atoms with Crippen molar-refractivity contribution in [3.05, 3.63) is 42.5 Å². The number of nitrogens with one attached hydrogen (secondary N) is 1. The van der Waals surface area contributed by atoms with Gasteiger partial charge in [-0.3, -0.25) is 0 Å². The van der Waals surface area contributed by atoms with Crippen LogP contribution in [0.1, 0.15) is 6.92 Å². The first-order chi connectivity index (χ1) is 8.81. The lowest BCUT2D eigenvalue weighted by molar-refractivity contribution is 0.239. The number of rotatable bonds is 6. The Balaban J connectivity index is 1.95. The zero-order valence-corrected chi connectivity index (χ0v) is 10.6. The molecule has 0 bridgehead atoms. The number of hydrogen-bond donors (Lipinski definition) is 2. The van der Waals surface area contributed by atoms with Crippen molar-refractivity contribution in [2.24, 2.45) is 0 Å². The molecular weight excluding hydrogens is 226 g/mol. The number of ether oxygens (including phenoxy) is 1. The molecule has 0 spiro atoms. The van der Waals surface area contributed by atoms with Gasteiger partial charge in [0.1, 0.15) is 12.4 Å². The summed E-state index contributed by atoms with van der Waals surface area (Å²) in [6, 6.07) is 14.4. The van der Waals surface area contributed by atoms with Crippen LogP contribution in [0.3, 0.4) is 0 Å². The molecular formula is C15H19NO2. The van der Waals surface area contributed by atoms with Crippen LogP contribution in [0.4, 0.5) is 0 Å². The smallest absolute Gasteiger partial charge is 0.127 e. The zero-order valence-electron chi connectivity index (χ0n) is 10.6. The van der Waals surface area contributed by atoms with E-state index >= 15 is 0 Å². The highest BCUT2D eigenvalue weighted by molar-refractivity contribution is 5.88. The molecule has 3 nitrogen and oxygen atoms in total. The summed E-state index contributed by atoms with van der Waals surface area (Å²) in [4.78, 5) is 0. The second-order valence-corrected chi connectivity index (χ2v) is 4.36. The van der Waals surface area contributed by atoms with Crippen LogP contribution in [0.25, 0.3) is 10.8 Å². The van der Waals surface area contributed by atoms with E-state index in [1.807, 2.05) is 31.2 Å². The Kier molecular flexibility index (Phi) is 4.56. The topological polar surface area (TPSA) is 41.5 Å². The Labute approximate surface area is 107 Å². The minimum Gasteiger partial charge on any atom is -0.492 e. The molecule has 2 N–H and O–H groups in total. The molecule has 96 valence electrons. The predicted octanol–water partition coefficient (Wildman–Crippen LogP) is 2.19. The van der Waals surface area contributed by atoms with Crippen LogP contribution in [0.15, 0.2) is 42.5 Å². The fourth-order valence-corrected chi connectivity index (χ4v) is 1.85. The average molecular weight is 245 g/mol. The molecule has 0 aliphatic rings. The minimum atomic E-state index is 0.112. The number of aliphatic hydroxyl groups is 1. The molecule has 2 rings (SSSR count). The quantitative estimate of drug-likeness (QED) is 0.767. The SMILES string of the molecule is C[C@@H](CO)NCCOc1cccc2ccccc12. The van der Waals surface area contributed by atoms with Gasteiger partial charge in [-0.2, -0.15) is 0 Å². The number of fused-ring (bicyclic) bond motifs is 1. The van der Waals surface area contributed by atoms with Gasteiger partial charge in [0.2, 0.25) is 0 Å². The third-order valence-corrected chi connectivity index (χ3v) is 2.88. The molecule has 0 aromatic heterocycles. The van der Waals surface area contributed by atoms with Crippen LogP contribution in [0, 0.1) is 0 Å². The van der Waals surface area contributed by atoms with Crippen molar-refractivity contribution in [1.29, 1.82) is 0 Å². The van der Waals surface area contributed by atoms with Gasteiger partial charge in [-0.25, -0.2) is 0 Å². The van der Waals surface area contributed by atoms with E-state index < -0.39 is 0 Å². The van der Waals surface area contributed by atoms with Crippen molar-refractivity contribution in [3.8, 4) is 5.75 Å². The van der Waals surface area contributed by atoms with Gasteiger partial charge in [0.15, 0.2) is 0 Å². The van der Waals surface area contributed by atoms with E-state index in [4.69, 9.17) is 9.84 Å². The van der Waals surface area contributed by atoms with Gasteiger partial charge in [-0.1, -0.05) is 36.4 Å². The van der Waals surface area contributed by atoms with Crippen LogP contribution >= 0.6 is 0 Å². The lowest BCUT2D eigenvalue weighted by Gasteiger charge is -2.12. The van der Waals surface area contributed by atoms with Crippen molar-refractivity contribution < 1.29 is 9.84 Å². The number of aliphatic hydroxyl groups excluding tert-OH is 1. The molecule has 0 unspecified atom stereocenters. The fourth-order valence-electron chi connectivity index (χ4n) is 1.85. The Bertz CT molecular complexity index is 493. The van der Waals surface area contributed by atoms with Crippen LogP contribution in [0.5, 0.6) is 5.75 Å². The van der Waals surface area contributed by atoms with Gasteiger partial charge in [-0.05, 0) is 18.4 Å². The Morgan fingerprint density at radius 3 is 2.78 bits per heavy atom. The van der Waals surface area contributed by atoms with Crippen LogP contribution in [0.2, 0.25) is 0 Å². The molecule has 0 heterocycles. The van der Waals surface area contributed by atoms with Crippen molar-refractivity contribution in [1.82, 2.24) is 5.32 Å². The van der Waals surface area contributed by atoms with E-state index in [2.05, 4.69) is 23.5 Å². The van der Waals surface area contributed by atoms with Gasteiger partial charge >= 0.3 is 0 Å². The normalized spacial score (nSPS) is 12.6. The van der Waals surface area contributed by atoms with E-state index in [0.717, 1.165) is 17.7 Å². The van der Waals surface area contributed by atoms with Crippen LogP contribution < -0.4 is 10.1 Å². The molecule has 0 fully saturated rings. The van der Waals surface area contributed by atoms with Crippen molar-refractivity contribution in [3.63, 3.8) is 0 Å². The number of benzene rings is 2. The third-order valence-electron chi connectivity index (χ3n) is 2.88. The van der Waals surface area contributed by atoms with E-state index in [0.29, 0.717) is 6.61 Å². The summed E-state index contributed by atoms with van der Waals surface area (Å²) in [6.07, 6.45) is 0. The maximum atomic E-state index is 8.89. The highest BCUT2D eigenvalue weighted by Gasteiger charge is 2.01. The summed E-state index contributed by atoms with van der Waals surface area (Å²) >= 11 is 0. The Morgan fingerprint density at radius 1 is 1.17 bits per heavy atom. The molecule has 0 amide bonds. The van der Waals surface area contributed by atoms with Gasteiger partial charge in [0.05, 0.1) is 6.61 Å². The first kappa shape index (κ1) is 12.9. The molecule has 2 aromatic carbocycles. The largest absolute Gasteiger partial charge is 0.492 e. The van der Waals surface area contributed by atoms with Crippen LogP contribution in [-0.4, -0.2) is 30.9 Å². The molecule has 0 aliphatic carbocycles. The van der Waals surface area contributed by atoms with Gasteiger partial charge in [-0.15, -0.1) is 0 Å². The zero-order chi connectivity index (χ0) is 12.8. The molecule has 0 saturated carbocycles. The molecule has 2 aromatic rings. The molecule has 3 heteroatoms. The van der Waals surface area contributed by atoms with Gasteiger partial charge in [0.25, 0.3) is 0 Å². The van der Waals surface area contributed by atoms with E-state index in [9.17, 15) is 0 Å². The van der Waals surface area contributed by atoms with Crippen LogP contribution in [-0.2, 0) is 0 Å². The molecule has 18 heavy (non-hydrogen) atoms. The molecule has 0 saturated heterocycles. The second kappa shape index (κ2) is 6.38. The van der Waals surface area contributed by atoms with E-state index in [1.165, 1.54) is 5.39 Å². The highest BCUT2D eigenvalue weighted by Crippen LogP contribution is 2.24. The highest BCUT2D eigenvalue weighted by atomic mass is 16.5. The van der Waals surface area contributed by atoms with Crippen molar-refractivity contribution in [2.75, 3.05) is 19.8 Å².